The Kier molecular flexibility index (Phi) is 4.47. The zero-order valence-electron chi connectivity index (χ0n) is 15.4. The Labute approximate surface area is 157 Å². The normalized spacial score (nSPS) is 16.2. The number of nitrogens with zero attached hydrogens (tertiary/aromatic N) is 3. The van der Waals surface area contributed by atoms with E-state index in [4.69, 9.17) is 9.47 Å². The fraction of sp³-hybridized carbons (Fsp3) is 0.421. The second kappa shape index (κ2) is 6.94. The second-order valence-corrected chi connectivity index (χ2v) is 6.71. The van der Waals surface area contributed by atoms with Crippen molar-refractivity contribution in [1.82, 2.24) is 15.1 Å². The number of nitrogens with one attached hydrogen (secondary N) is 1. The number of hydrogen-bond donors (Lipinski definition) is 1. The average Bonchev–Trinajstić information content (AvgIpc) is 3.27. The molecule has 1 unspecified atom stereocenters. The Balaban J connectivity index is 1.49. The maximum absolute atomic E-state index is 12.9. The number of benzene rings is 1. The number of carbonyl (C=O) groups excluding carboxylic acids is 2. The van der Waals surface area contributed by atoms with Crippen molar-refractivity contribution in [2.75, 3.05) is 11.7 Å². The predicted molar refractivity (Wildman–Crippen MR) is 97.6 cm³/mol. The van der Waals surface area contributed by atoms with Crippen LogP contribution in [-0.2, 0) is 22.7 Å². The molecular formula is C19H22N4O4. The number of aromatic nitrogens is 2. The third-order valence-corrected chi connectivity index (χ3v) is 4.84. The Morgan fingerprint density at radius 2 is 2.11 bits per heavy atom. The molecule has 1 aromatic heterocycles. The molecule has 0 bridgehead atoms. The van der Waals surface area contributed by atoms with Crippen LogP contribution in [-0.4, -0.2) is 34.4 Å². The molecule has 1 atom stereocenters. The molecule has 8 nitrogen and oxygen atoms in total. The number of fused-ring (bicyclic) bond motifs is 2. The fourth-order valence-corrected chi connectivity index (χ4v) is 3.52. The first-order valence-electron chi connectivity index (χ1n) is 9.09. The van der Waals surface area contributed by atoms with Crippen LogP contribution < -0.4 is 19.7 Å². The highest BCUT2D eigenvalue weighted by Crippen LogP contribution is 2.32. The Morgan fingerprint density at radius 1 is 1.30 bits per heavy atom. The molecule has 0 fully saturated rings. The lowest BCUT2D eigenvalue weighted by Gasteiger charge is -2.33. The van der Waals surface area contributed by atoms with E-state index in [0.29, 0.717) is 43.2 Å². The molecule has 3 heterocycles. The smallest absolute Gasteiger partial charge is 0.243 e. The number of amides is 2. The minimum atomic E-state index is -0.568. The van der Waals surface area contributed by atoms with E-state index >= 15 is 0 Å². The first-order chi connectivity index (χ1) is 13.1. The third kappa shape index (κ3) is 3.22. The monoisotopic (exact) mass is 370 g/mol. The van der Waals surface area contributed by atoms with Crippen molar-refractivity contribution in [3.63, 3.8) is 0 Å². The molecule has 2 aromatic rings. The van der Waals surface area contributed by atoms with Crippen molar-refractivity contribution in [2.45, 2.75) is 45.8 Å². The third-order valence-electron chi connectivity index (χ3n) is 4.84. The minimum absolute atomic E-state index is 0.0486. The quantitative estimate of drug-likeness (QED) is 0.867. The Hall–Kier alpha value is -3.03. The van der Waals surface area contributed by atoms with Gasteiger partial charge in [-0.1, -0.05) is 13.0 Å². The highest BCUT2D eigenvalue weighted by Gasteiger charge is 2.34. The SMILES string of the molecule is CCC(C(=O)NCc1ccc2c(c1)OCO2)N1C(=O)CCn2nc(C)cc21. The van der Waals surface area contributed by atoms with Gasteiger partial charge in [0.05, 0.1) is 12.2 Å². The second-order valence-electron chi connectivity index (χ2n) is 6.71. The van der Waals surface area contributed by atoms with E-state index < -0.39 is 6.04 Å². The molecule has 0 saturated heterocycles. The Bertz CT molecular complexity index is 892. The van der Waals surface area contributed by atoms with Crippen LogP contribution in [0, 0.1) is 6.92 Å². The summed E-state index contributed by atoms with van der Waals surface area (Å²) in [6.07, 6.45) is 0.864. The van der Waals surface area contributed by atoms with E-state index in [1.807, 2.05) is 38.1 Å². The van der Waals surface area contributed by atoms with Gasteiger partial charge in [-0.05, 0) is 31.0 Å². The van der Waals surface area contributed by atoms with Crippen molar-refractivity contribution in [2.24, 2.45) is 0 Å². The number of ether oxygens (including phenoxy) is 2. The maximum atomic E-state index is 12.9. The zero-order valence-corrected chi connectivity index (χ0v) is 15.4. The fourth-order valence-electron chi connectivity index (χ4n) is 3.52. The van der Waals surface area contributed by atoms with Gasteiger partial charge in [0.2, 0.25) is 18.6 Å². The number of rotatable bonds is 5. The van der Waals surface area contributed by atoms with E-state index in [1.54, 1.807) is 9.58 Å². The zero-order chi connectivity index (χ0) is 19.0. The van der Waals surface area contributed by atoms with Gasteiger partial charge in [0.15, 0.2) is 11.5 Å². The first-order valence-corrected chi connectivity index (χ1v) is 9.09. The van der Waals surface area contributed by atoms with Crippen LogP contribution in [0.15, 0.2) is 24.3 Å². The Morgan fingerprint density at radius 3 is 2.93 bits per heavy atom. The van der Waals surface area contributed by atoms with Crippen LogP contribution in [0.25, 0.3) is 0 Å². The molecule has 1 aromatic carbocycles. The molecule has 0 saturated carbocycles. The lowest BCUT2D eigenvalue weighted by Crippen LogP contribution is -2.52. The van der Waals surface area contributed by atoms with Crippen LogP contribution in [0.2, 0.25) is 0 Å². The molecule has 0 spiro atoms. The summed E-state index contributed by atoms with van der Waals surface area (Å²) in [5.74, 6) is 1.84. The maximum Gasteiger partial charge on any atom is 0.243 e. The largest absolute Gasteiger partial charge is 0.454 e. The summed E-state index contributed by atoms with van der Waals surface area (Å²) in [5, 5.41) is 7.34. The summed E-state index contributed by atoms with van der Waals surface area (Å²) in [7, 11) is 0. The van der Waals surface area contributed by atoms with E-state index in [1.165, 1.54) is 0 Å². The van der Waals surface area contributed by atoms with Crippen molar-refractivity contribution >= 4 is 17.6 Å². The molecule has 0 aliphatic carbocycles. The molecule has 2 amide bonds. The van der Waals surface area contributed by atoms with Gasteiger partial charge < -0.3 is 14.8 Å². The molecule has 4 rings (SSSR count). The van der Waals surface area contributed by atoms with Gasteiger partial charge in [-0.25, -0.2) is 4.68 Å². The highest BCUT2D eigenvalue weighted by molar-refractivity contribution is 6.00. The minimum Gasteiger partial charge on any atom is -0.454 e. The topological polar surface area (TPSA) is 85.7 Å². The molecule has 2 aliphatic rings. The van der Waals surface area contributed by atoms with Crippen LogP contribution in [0.5, 0.6) is 11.5 Å². The van der Waals surface area contributed by atoms with Crippen molar-refractivity contribution < 1.29 is 19.1 Å². The lowest BCUT2D eigenvalue weighted by molar-refractivity contribution is -0.127. The van der Waals surface area contributed by atoms with Gasteiger partial charge in [0, 0.05) is 19.0 Å². The van der Waals surface area contributed by atoms with Gasteiger partial charge in [-0.15, -0.1) is 0 Å². The van der Waals surface area contributed by atoms with Crippen molar-refractivity contribution in [3.8, 4) is 11.5 Å². The standard InChI is InChI=1S/C19H22N4O4/c1-3-14(23-17-8-12(2)21-22(17)7-6-18(23)24)19(25)20-10-13-4-5-15-16(9-13)27-11-26-15/h4-5,8-9,14H,3,6-7,10-11H2,1-2H3,(H,20,25). The summed E-state index contributed by atoms with van der Waals surface area (Å²) in [4.78, 5) is 27.0. The van der Waals surface area contributed by atoms with Gasteiger partial charge in [0.1, 0.15) is 11.9 Å². The molecule has 142 valence electrons. The highest BCUT2D eigenvalue weighted by atomic mass is 16.7. The van der Waals surface area contributed by atoms with Gasteiger partial charge in [-0.3, -0.25) is 14.5 Å². The van der Waals surface area contributed by atoms with Gasteiger partial charge in [0.25, 0.3) is 0 Å². The van der Waals surface area contributed by atoms with Gasteiger partial charge in [-0.2, -0.15) is 5.10 Å². The number of aryl methyl sites for hydroxylation is 2. The van der Waals surface area contributed by atoms with E-state index in [0.717, 1.165) is 11.3 Å². The summed E-state index contributed by atoms with van der Waals surface area (Å²) < 4.78 is 12.5. The van der Waals surface area contributed by atoms with E-state index in [2.05, 4.69) is 10.4 Å². The molecule has 0 radical (unpaired) electrons. The number of hydrogen-bond acceptors (Lipinski definition) is 5. The number of carbonyl (C=O) groups is 2. The number of anilines is 1. The summed E-state index contributed by atoms with van der Waals surface area (Å²) in [6, 6.07) is 6.86. The van der Waals surface area contributed by atoms with E-state index in [9.17, 15) is 9.59 Å². The molecule has 8 heteroatoms. The predicted octanol–water partition coefficient (Wildman–Crippen LogP) is 1.75. The van der Waals surface area contributed by atoms with Crippen LogP contribution in [0.4, 0.5) is 5.82 Å². The molecule has 1 N–H and O–H groups in total. The van der Waals surface area contributed by atoms with Crippen molar-refractivity contribution in [1.29, 1.82) is 0 Å². The first kappa shape index (κ1) is 17.4. The van der Waals surface area contributed by atoms with Crippen LogP contribution >= 0.6 is 0 Å². The summed E-state index contributed by atoms with van der Waals surface area (Å²) in [6.45, 7) is 4.90. The van der Waals surface area contributed by atoms with E-state index in [-0.39, 0.29) is 18.6 Å². The summed E-state index contributed by atoms with van der Waals surface area (Å²) in [5.41, 5.74) is 1.74. The van der Waals surface area contributed by atoms with Crippen LogP contribution in [0.3, 0.4) is 0 Å². The molecule has 2 aliphatic heterocycles. The molecular weight excluding hydrogens is 348 g/mol. The van der Waals surface area contributed by atoms with Gasteiger partial charge >= 0.3 is 0 Å². The molecule has 27 heavy (non-hydrogen) atoms. The van der Waals surface area contributed by atoms with Crippen molar-refractivity contribution in [3.05, 3.63) is 35.5 Å². The van der Waals surface area contributed by atoms with Crippen LogP contribution in [0.1, 0.15) is 31.0 Å². The summed E-state index contributed by atoms with van der Waals surface area (Å²) >= 11 is 0. The average molecular weight is 370 g/mol. The lowest BCUT2D eigenvalue weighted by atomic mass is 10.1.